The van der Waals surface area contributed by atoms with Crippen LogP contribution in [-0.4, -0.2) is 17.6 Å². The summed E-state index contributed by atoms with van der Waals surface area (Å²) in [6.45, 7) is 9.87. The molecule has 0 spiro atoms. The number of hydrogen-bond acceptors (Lipinski definition) is 2. The lowest BCUT2D eigenvalue weighted by atomic mass is 10.1. The van der Waals surface area contributed by atoms with Crippen molar-refractivity contribution in [2.45, 2.75) is 65.3 Å². The summed E-state index contributed by atoms with van der Waals surface area (Å²) in [4.78, 5) is 7.38. The monoisotopic (exact) mass is 294 g/mol. The molecule has 1 aliphatic carbocycles. The molecule has 3 heteroatoms. The molecule has 1 heterocycles. The van der Waals surface area contributed by atoms with Gasteiger partial charge in [0.2, 0.25) is 0 Å². The van der Waals surface area contributed by atoms with Crippen LogP contribution in [0.3, 0.4) is 0 Å². The molecule has 112 valence electrons. The summed E-state index contributed by atoms with van der Waals surface area (Å²) in [5, 5.41) is 0. The lowest BCUT2D eigenvalue weighted by Crippen LogP contribution is -2.37. The number of nitrogens with zero attached hydrogens (tertiary/aromatic N) is 2. The summed E-state index contributed by atoms with van der Waals surface area (Å²) in [7, 11) is 0. The van der Waals surface area contributed by atoms with Crippen molar-refractivity contribution in [1.82, 2.24) is 4.98 Å². The van der Waals surface area contributed by atoms with Crippen molar-refractivity contribution in [3.8, 4) is 0 Å². The molecule has 0 radical (unpaired) electrons. The zero-order valence-corrected chi connectivity index (χ0v) is 14.0. The third-order valence-corrected chi connectivity index (χ3v) is 4.45. The standard InChI is InChI=1S/C17H27ClN2/c1-12(2)11-20(15-7-5-6-8-15)17-16(10-18)13(3)9-14(4)19-17/h9,12,15H,5-8,10-11H2,1-4H3. The molecule has 0 aliphatic heterocycles. The predicted octanol–water partition coefficient (Wildman–Crippen LogP) is 4.84. The minimum atomic E-state index is 0.551. The molecule has 0 atom stereocenters. The van der Waals surface area contributed by atoms with Crippen LogP contribution in [0, 0.1) is 19.8 Å². The fourth-order valence-corrected chi connectivity index (χ4v) is 3.59. The van der Waals surface area contributed by atoms with Crippen LogP contribution in [0.15, 0.2) is 6.07 Å². The van der Waals surface area contributed by atoms with E-state index in [1.54, 1.807) is 0 Å². The highest BCUT2D eigenvalue weighted by atomic mass is 35.5. The molecule has 0 amide bonds. The van der Waals surface area contributed by atoms with Gasteiger partial charge in [-0.25, -0.2) is 4.98 Å². The molecular weight excluding hydrogens is 268 g/mol. The molecule has 1 saturated carbocycles. The van der Waals surface area contributed by atoms with Crippen molar-refractivity contribution in [2.75, 3.05) is 11.4 Å². The van der Waals surface area contributed by atoms with Crippen LogP contribution in [0.5, 0.6) is 0 Å². The Labute approximate surface area is 128 Å². The Kier molecular flexibility index (Phi) is 5.31. The Morgan fingerprint density at radius 2 is 1.95 bits per heavy atom. The van der Waals surface area contributed by atoms with Crippen LogP contribution in [-0.2, 0) is 5.88 Å². The van der Waals surface area contributed by atoms with E-state index in [1.165, 1.54) is 36.8 Å². The lowest BCUT2D eigenvalue weighted by Gasteiger charge is -2.33. The average molecular weight is 295 g/mol. The van der Waals surface area contributed by atoms with Gasteiger partial charge in [0.1, 0.15) is 5.82 Å². The van der Waals surface area contributed by atoms with E-state index in [9.17, 15) is 0 Å². The zero-order valence-electron chi connectivity index (χ0n) is 13.2. The predicted molar refractivity (Wildman–Crippen MR) is 87.7 cm³/mol. The van der Waals surface area contributed by atoms with E-state index in [-0.39, 0.29) is 0 Å². The number of anilines is 1. The number of alkyl halides is 1. The van der Waals surface area contributed by atoms with Crippen molar-refractivity contribution in [1.29, 1.82) is 0 Å². The van der Waals surface area contributed by atoms with E-state index in [0.717, 1.165) is 18.1 Å². The van der Waals surface area contributed by atoms with Gasteiger partial charge in [0.25, 0.3) is 0 Å². The van der Waals surface area contributed by atoms with E-state index < -0.39 is 0 Å². The summed E-state index contributed by atoms with van der Waals surface area (Å²) >= 11 is 6.21. The van der Waals surface area contributed by atoms with Gasteiger partial charge in [-0.05, 0) is 44.2 Å². The number of rotatable bonds is 5. The maximum absolute atomic E-state index is 6.21. The average Bonchev–Trinajstić information content (AvgIpc) is 2.88. The summed E-state index contributed by atoms with van der Waals surface area (Å²) in [5.41, 5.74) is 3.58. The van der Waals surface area contributed by atoms with E-state index in [1.807, 2.05) is 0 Å². The van der Waals surface area contributed by atoms with Crippen molar-refractivity contribution < 1.29 is 0 Å². The molecule has 0 unspecified atom stereocenters. The Balaban J connectivity index is 2.41. The zero-order chi connectivity index (χ0) is 14.7. The van der Waals surface area contributed by atoms with Gasteiger partial charge >= 0.3 is 0 Å². The molecule has 1 aromatic heterocycles. The highest BCUT2D eigenvalue weighted by Gasteiger charge is 2.26. The van der Waals surface area contributed by atoms with Gasteiger partial charge in [0, 0.05) is 23.8 Å². The minimum absolute atomic E-state index is 0.551. The lowest BCUT2D eigenvalue weighted by molar-refractivity contribution is 0.529. The SMILES string of the molecule is Cc1cc(C)c(CCl)c(N(CC(C)C)C2CCCC2)n1. The number of pyridine rings is 1. The van der Waals surface area contributed by atoms with Gasteiger partial charge in [0.05, 0.1) is 5.88 Å². The minimum Gasteiger partial charge on any atom is -0.353 e. The second-order valence-corrected chi connectivity index (χ2v) is 6.77. The largest absolute Gasteiger partial charge is 0.353 e. The van der Waals surface area contributed by atoms with Gasteiger partial charge in [-0.1, -0.05) is 26.7 Å². The molecular formula is C17H27ClN2. The fourth-order valence-electron chi connectivity index (χ4n) is 3.26. The fraction of sp³-hybridized carbons (Fsp3) is 0.706. The van der Waals surface area contributed by atoms with Gasteiger partial charge < -0.3 is 4.90 Å². The Hall–Kier alpha value is -0.760. The summed E-state index contributed by atoms with van der Waals surface area (Å²) in [6, 6.07) is 2.79. The topological polar surface area (TPSA) is 16.1 Å². The first-order chi connectivity index (χ1) is 9.52. The van der Waals surface area contributed by atoms with E-state index >= 15 is 0 Å². The summed E-state index contributed by atoms with van der Waals surface area (Å²) in [6.07, 6.45) is 5.28. The highest BCUT2D eigenvalue weighted by molar-refractivity contribution is 6.17. The van der Waals surface area contributed by atoms with Crippen LogP contribution in [0.2, 0.25) is 0 Å². The molecule has 1 aromatic rings. The second kappa shape index (κ2) is 6.80. The van der Waals surface area contributed by atoms with E-state index in [4.69, 9.17) is 16.6 Å². The number of halogens is 1. The molecule has 2 rings (SSSR count). The van der Waals surface area contributed by atoms with Gasteiger partial charge in [0.15, 0.2) is 0 Å². The van der Waals surface area contributed by atoms with Crippen LogP contribution < -0.4 is 4.90 Å². The number of aryl methyl sites for hydroxylation is 2. The normalized spacial score (nSPS) is 16.1. The number of hydrogen-bond donors (Lipinski definition) is 0. The molecule has 2 nitrogen and oxygen atoms in total. The Morgan fingerprint density at radius 1 is 1.30 bits per heavy atom. The first-order valence-corrected chi connectivity index (χ1v) is 8.36. The van der Waals surface area contributed by atoms with Crippen molar-refractivity contribution in [2.24, 2.45) is 5.92 Å². The first kappa shape index (κ1) is 15.6. The van der Waals surface area contributed by atoms with E-state index in [2.05, 4.69) is 38.7 Å². The van der Waals surface area contributed by atoms with Gasteiger partial charge in [-0.15, -0.1) is 11.6 Å². The Morgan fingerprint density at radius 3 is 2.50 bits per heavy atom. The maximum Gasteiger partial charge on any atom is 0.133 e. The van der Waals surface area contributed by atoms with Gasteiger partial charge in [-0.2, -0.15) is 0 Å². The van der Waals surface area contributed by atoms with Crippen LogP contribution >= 0.6 is 11.6 Å². The molecule has 0 N–H and O–H groups in total. The van der Waals surface area contributed by atoms with Crippen molar-refractivity contribution in [3.05, 3.63) is 22.9 Å². The Bertz CT molecular complexity index is 451. The van der Waals surface area contributed by atoms with Crippen LogP contribution in [0.25, 0.3) is 0 Å². The van der Waals surface area contributed by atoms with Crippen molar-refractivity contribution in [3.63, 3.8) is 0 Å². The third kappa shape index (κ3) is 3.46. The highest BCUT2D eigenvalue weighted by Crippen LogP contribution is 2.32. The second-order valence-electron chi connectivity index (χ2n) is 6.50. The maximum atomic E-state index is 6.21. The van der Waals surface area contributed by atoms with Crippen LogP contribution in [0.1, 0.15) is 56.4 Å². The quantitative estimate of drug-likeness (QED) is 0.722. The van der Waals surface area contributed by atoms with Gasteiger partial charge in [-0.3, -0.25) is 0 Å². The smallest absolute Gasteiger partial charge is 0.133 e. The molecule has 1 fully saturated rings. The first-order valence-electron chi connectivity index (χ1n) is 7.82. The molecule has 1 aliphatic rings. The molecule has 0 bridgehead atoms. The van der Waals surface area contributed by atoms with Crippen molar-refractivity contribution >= 4 is 17.4 Å². The number of aromatic nitrogens is 1. The third-order valence-electron chi connectivity index (χ3n) is 4.19. The van der Waals surface area contributed by atoms with E-state index in [0.29, 0.717) is 17.8 Å². The molecule has 0 aromatic carbocycles. The summed E-state index contributed by atoms with van der Waals surface area (Å²) < 4.78 is 0. The van der Waals surface area contributed by atoms with Crippen LogP contribution in [0.4, 0.5) is 5.82 Å². The molecule has 0 saturated heterocycles. The molecule has 20 heavy (non-hydrogen) atoms. The summed E-state index contributed by atoms with van der Waals surface area (Å²) in [5.74, 6) is 2.33.